The number of halogens is 1. The van der Waals surface area contributed by atoms with Gasteiger partial charge in [0.25, 0.3) is 0 Å². The third-order valence-corrected chi connectivity index (χ3v) is 8.09. The highest BCUT2D eigenvalue weighted by atomic mass is 19.1. The van der Waals surface area contributed by atoms with Crippen LogP contribution in [0.5, 0.6) is 0 Å². The second-order valence-corrected chi connectivity index (χ2v) is 10.8. The van der Waals surface area contributed by atoms with E-state index in [9.17, 15) is 4.39 Å². The summed E-state index contributed by atoms with van der Waals surface area (Å²) in [5, 5.41) is 9.02. The first-order valence-electron chi connectivity index (χ1n) is 13.7. The Morgan fingerprint density at radius 1 is 1.00 bits per heavy atom. The van der Waals surface area contributed by atoms with E-state index < -0.39 is 5.54 Å². The fourth-order valence-electron chi connectivity index (χ4n) is 5.53. The van der Waals surface area contributed by atoms with E-state index >= 15 is 0 Å². The number of hydrogen-bond donors (Lipinski definition) is 1. The highest BCUT2D eigenvalue weighted by Crippen LogP contribution is 2.31. The average Bonchev–Trinajstić information content (AvgIpc) is 3.78. The quantitative estimate of drug-likeness (QED) is 0.337. The predicted molar refractivity (Wildman–Crippen MR) is 153 cm³/mol. The summed E-state index contributed by atoms with van der Waals surface area (Å²) < 4.78 is 22.8. The molecular formula is C30H30FN9O. The second kappa shape index (κ2) is 10.2. The molecule has 1 saturated heterocycles. The molecule has 10 nitrogen and oxygen atoms in total. The van der Waals surface area contributed by atoms with Crippen molar-refractivity contribution in [2.45, 2.75) is 31.3 Å². The zero-order valence-corrected chi connectivity index (χ0v) is 22.7. The Morgan fingerprint density at radius 2 is 1.83 bits per heavy atom. The first kappa shape index (κ1) is 25.5. The molecule has 4 aromatic heterocycles. The largest absolute Gasteiger partial charge is 0.379 e. The topological polar surface area (TPSA) is 112 Å². The molecule has 0 unspecified atom stereocenters. The van der Waals surface area contributed by atoms with Gasteiger partial charge >= 0.3 is 0 Å². The fraction of sp³-hybridized carbons (Fsp3) is 0.300. The number of anilines is 1. The van der Waals surface area contributed by atoms with Crippen LogP contribution in [0.4, 0.5) is 10.2 Å². The average molecular weight is 552 g/mol. The molecule has 0 spiro atoms. The minimum atomic E-state index is -0.831. The number of nitrogens with zero attached hydrogens (tertiary/aromatic N) is 8. The minimum absolute atomic E-state index is 0.292. The van der Waals surface area contributed by atoms with E-state index in [4.69, 9.17) is 10.5 Å². The number of rotatable bonds is 6. The van der Waals surface area contributed by atoms with Crippen molar-refractivity contribution in [1.29, 1.82) is 0 Å². The Morgan fingerprint density at radius 3 is 2.56 bits per heavy atom. The van der Waals surface area contributed by atoms with Gasteiger partial charge < -0.3 is 15.4 Å². The molecule has 2 aliphatic heterocycles. The maximum Gasteiger partial charge on any atom is 0.156 e. The Bertz CT molecular complexity index is 1720. The monoisotopic (exact) mass is 551 g/mol. The molecule has 2 atom stereocenters. The number of aromatic nitrogens is 7. The molecule has 2 N–H and O–H groups in total. The molecule has 1 aromatic carbocycles. The van der Waals surface area contributed by atoms with E-state index in [0.29, 0.717) is 25.0 Å². The number of fused-ring (bicyclic) bond motifs is 1. The third-order valence-electron chi connectivity index (χ3n) is 8.09. The molecular weight excluding hydrogens is 521 g/mol. The summed E-state index contributed by atoms with van der Waals surface area (Å²) in [5.41, 5.74) is 11.4. The number of benzene rings is 1. The van der Waals surface area contributed by atoms with Crippen LogP contribution >= 0.6 is 0 Å². The number of nitrogens with two attached hydrogens (primary N) is 1. The summed E-state index contributed by atoms with van der Waals surface area (Å²) in [4.78, 5) is 16.1. The summed E-state index contributed by atoms with van der Waals surface area (Å²) in [5.74, 6) is 1.27. The van der Waals surface area contributed by atoms with Crippen LogP contribution in [0.1, 0.15) is 42.8 Å². The van der Waals surface area contributed by atoms with Crippen molar-refractivity contribution in [2.24, 2.45) is 5.73 Å². The van der Waals surface area contributed by atoms with Crippen LogP contribution < -0.4 is 10.6 Å². The highest BCUT2D eigenvalue weighted by molar-refractivity contribution is 5.78. The molecule has 7 rings (SSSR count). The molecule has 1 fully saturated rings. The fourth-order valence-corrected chi connectivity index (χ4v) is 5.53. The van der Waals surface area contributed by atoms with Crippen molar-refractivity contribution >= 4 is 16.9 Å². The van der Waals surface area contributed by atoms with E-state index in [1.54, 1.807) is 30.9 Å². The lowest BCUT2D eigenvalue weighted by Crippen LogP contribution is -2.34. The van der Waals surface area contributed by atoms with Gasteiger partial charge in [0.15, 0.2) is 11.6 Å². The standard InChI is InChI=1S/C30H30FN9O/c1-30(32,23-2-4-25(31)5-3-23)24-14-33-28(34-15-24)20-6-9-38(10-7-20)29-27-12-21(16-40(27)37-19-35-29)22-13-36-39(17-22)26-8-11-41-18-26/h2-6,12-17,19,26H,7-11,18,32H2,1H3/t26-,30+/m1/s1. The van der Waals surface area contributed by atoms with Gasteiger partial charge in [-0.15, -0.1) is 0 Å². The Labute approximate surface area is 236 Å². The maximum absolute atomic E-state index is 13.4. The summed E-state index contributed by atoms with van der Waals surface area (Å²) in [6.45, 7) is 4.81. The van der Waals surface area contributed by atoms with Crippen LogP contribution in [0.25, 0.3) is 22.2 Å². The third kappa shape index (κ3) is 4.76. The van der Waals surface area contributed by atoms with Gasteiger partial charge in [0.05, 0.1) is 24.4 Å². The second-order valence-electron chi connectivity index (χ2n) is 10.8. The van der Waals surface area contributed by atoms with Crippen molar-refractivity contribution in [3.05, 3.63) is 96.5 Å². The van der Waals surface area contributed by atoms with Crippen molar-refractivity contribution in [2.75, 3.05) is 31.2 Å². The van der Waals surface area contributed by atoms with Crippen molar-refractivity contribution in [3.8, 4) is 11.1 Å². The van der Waals surface area contributed by atoms with Gasteiger partial charge in [-0.3, -0.25) is 4.68 Å². The summed E-state index contributed by atoms with van der Waals surface area (Å²) in [6.07, 6.45) is 15.0. The minimum Gasteiger partial charge on any atom is -0.379 e. The predicted octanol–water partition coefficient (Wildman–Crippen LogP) is 4.00. The van der Waals surface area contributed by atoms with Gasteiger partial charge in [0, 0.05) is 61.2 Å². The van der Waals surface area contributed by atoms with E-state index in [-0.39, 0.29) is 5.82 Å². The molecule has 6 heterocycles. The molecule has 41 heavy (non-hydrogen) atoms. The molecule has 0 saturated carbocycles. The molecule has 5 aromatic rings. The molecule has 0 amide bonds. The van der Waals surface area contributed by atoms with Crippen LogP contribution in [0.15, 0.2) is 73.7 Å². The van der Waals surface area contributed by atoms with E-state index in [2.05, 4.69) is 48.4 Å². The van der Waals surface area contributed by atoms with E-state index in [1.165, 1.54) is 12.1 Å². The Kier molecular flexibility index (Phi) is 6.32. The van der Waals surface area contributed by atoms with Crippen LogP contribution in [-0.4, -0.2) is 60.6 Å². The van der Waals surface area contributed by atoms with Crippen LogP contribution in [-0.2, 0) is 10.3 Å². The number of hydrogen-bond acceptors (Lipinski definition) is 8. The number of ether oxygens (including phenoxy) is 1. The lowest BCUT2D eigenvalue weighted by molar-refractivity contribution is 0.184. The zero-order chi connectivity index (χ0) is 28.0. The molecule has 0 radical (unpaired) electrons. The normalized spacial score (nSPS) is 19.0. The van der Waals surface area contributed by atoms with Crippen molar-refractivity contribution in [3.63, 3.8) is 0 Å². The van der Waals surface area contributed by atoms with Crippen LogP contribution in [0.3, 0.4) is 0 Å². The molecule has 2 aliphatic rings. The molecule has 0 bridgehead atoms. The first-order chi connectivity index (χ1) is 20.0. The molecule has 0 aliphatic carbocycles. The van der Waals surface area contributed by atoms with Gasteiger partial charge in [-0.05, 0) is 49.1 Å². The van der Waals surface area contributed by atoms with Crippen molar-refractivity contribution in [1.82, 2.24) is 34.3 Å². The first-order valence-corrected chi connectivity index (χ1v) is 13.7. The lowest BCUT2D eigenvalue weighted by atomic mass is 9.87. The molecule has 11 heteroatoms. The van der Waals surface area contributed by atoms with Crippen LogP contribution in [0.2, 0.25) is 0 Å². The van der Waals surface area contributed by atoms with Gasteiger partial charge in [0.2, 0.25) is 0 Å². The van der Waals surface area contributed by atoms with E-state index in [0.717, 1.165) is 65.2 Å². The SMILES string of the molecule is C[C@](N)(c1ccc(F)cc1)c1cnc(C2=CCN(c3ncnn4cc(-c5cnn([C@@H]6CCOC6)c5)cc34)CC2)nc1. The lowest BCUT2D eigenvalue weighted by Gasteiger charge is -2.28. The van der Waals surface area contributed by atoms with E-state index in [1.807, 2.05) is 28.5 Å². The van der Waals surface area contributed by atoms with Gasteiger partial charge in [-0.1, -0.05) is 18.2 Å². The zero-order valence-electron chi connectivity index (χ0n) is 22.7. The maximum atomic E-state index is 13.4. The highest BCUT2D eigenvalue weighted by Gasteiger charge is 2.26. The summed E-state index contributed by atoms with van der Waals surface area (Å²) >= 11 is 0. The van der Waals surface area contributed by atoms with Gasteiger partial charge in [-0.25, -0.2) is 23.9 Å². The molecule has 208 valence electrons. The van der Waals surface area contributed by atoms with Gasteiger partial charge in [0.1, 0.15) is 17.7 Å². The Balaban J connectivity index is 1.08. The van der Waals surface area contributed by atoms with Crippen molar-refractivity contribution < 1.29 is 9.13 Å². The summed E-state index contributed by atoms with van der Waals surface area (Å²) in [6, 6.07) is 8.62. The Hall–Kier alpha value is -4.48. The summed E-state index contributed by atoms with van der Waals surface area (Å²) in [7, 11) is 0. The smallest absolute Gasteiger partial charge is 0.156 e. The van der Waals surface area contributed by atoms with Crippen LogP contribution in [0, 0.1) is 5.82 Å². The van der Waals surface area contributed by atoms with Gasteiger partial charge in [-0.2, -0.15) is 10.2 Å².